The maximum atomic E-state index is 13.2. The molecule has 0 aliphatic carbocycles. The van der Waals surface area contributed by atoms with Crippen LogP contribution in [-0.4, -0.2) is 73.3 Å². The van der Waals surface area contributed by atoms with Crippen molar-refractivity contribution >= 4 is 34.5 Å². The fourth-order valence-corrected chi connectivity index (χ4v) is 4.15. The van der Waals surface area contributed by atoms with Crippen LogP contribution in [0.1, 0.15) is 30.1 Å². The van der Waals surface area contributed by atoms with Crippen molar-refractivity contribution in [2.75, 3.05) is 46.0 Å². The van der Waals surface area contributed by atoms with Crippen LogP contribution >= 0.6 is 11.8 Å². The normalized spacial score (nSPS) is 13.4. The van der Waals surface area contributed by atoms with Crippen molar-refractivity contribution in [3.63, 3.8) is 0 Å². The van der Waals surface area contributed by atoms with Crippen molar-refractivity contribution in [3.05, 3.63) is 34.1 Å². The lowest BCUT2D eigenvalue weighted by atomic mass is 10.1. The zero-order valence-corrected chi connectivity index (χ0v) is 20.4. The predicted octanol–water partition coefficient (Wildman–Crippen LogP) is 1.67. The minimum Gasteiger partial charge on any atom is -0.454 e. The van der Waals surface area contributed by atoms with Gasteiger partial charge in [0.25, 0.3) is 5.91 Å². The van der Waals surface area contributed by atoms with E-state index in [9.17, 15) is 14.4 Å². The Hall–Kier alpha value is -2.72. The molecule has 2 aromatic rings. The summed E-state index contributed by atoms with van der Waals surface area (Å²) in [6.45, 7) is 3.96. The largest absolute Gasteiger partial charge is 0.454 e. The summed E-state index contributed by atoms with van der Waals surface area (Å²) in [6.07, 6.45) is 4.77. The van der Waals surface area contributed by atoms with Crippen LogP contribution in [0.2, 0.25) is 0 Å². The molecule has 9 nitrogen and oxygen atoms in total. The van der Waals surface area contributed by atoms with E-state index in [1.54, 1.807) is 30.1 Å². The number of ether oxygens (including phenoxy) is 2. The van der Waals surface area contributed by atoms with Crippen molar-refractivity contribution < 1.29 is 19.1 Å². The first-order valence-corrected chi connectivity index (χ1v) is 12.4. The number of carbonyl (C=O) groups is 2. The van der Waals surface area contributed by atoms with Crippen LogP contribution in [0.4, 0.5) is 0 Å². The van der Waals surface area contributed by atoms with E-state index in [0.29, 0.717) is 47.7 Å². The van der Waals surface area contributed by atoms with Crippen LogP contribution in [-0.2, 0) is 11.3 Å². The molecular weight excluding hydrogens is 444 g/mol. The monoisotopic (exact) mass is 476 g/mol. The van der Waals surface area contributed by atoms with E-state index in [-0.39, 0.29) is 18.3 Å². The maximum absolute atomic E-state index is 13.2. The topological polar surface area (TPSA) is 102 Å². The van der Waals surface area contributed by atoms with Gasteiger partial charge in [0.1, 0.15) is 11.6 Å². The van der Waals surface area contributed by atoms with Gasteiger partial charge in [0.2, 0.25) is 18.1 Å². The Morgan fingerprint density at radius 2 is 1.97 bits per heavy atom. The molecule has 0 bridgehead atoms. The van der Waals surface area contributed by atoms with Crippen molar-refractivity contribution in [2.45, 2.75) is 32.4 Å². The van der Waals surface area contributed by atoms with Gasteiger partial charge in [0.15, 0.2) is 11.5 Å². The minimum atomic E-state index is -0.716. The number of carbonyl (C=O) groups excluding carboxylic acids is 2. The molecule has 0 saturated heterocycles. The highest BCUT2D eigenvalue weighted by Crippen LogP contribution is 2.35. The van der Waals surface area contributed by atoms with E-state index >= 15 is 0 Å². The van der Waals surface area contributed by atoms with Crippen molar-refractivity contribution in [2.24, 2.45) is 0 Å². The van der Waals surface area contributed by atoms with Crippen molar-refractivity contribution in [1.82, 2.24) is 20.1 Å². The summed E-state index contributed by atoms with van der Waals surface area (Å²) in [4.78, 5) is 41.1. The van der Waals surface area contributed by atoms with Crippen molar-refractivity contribution in [3.8, 4) is 11.5 Å². The number of amides is 2. The molecule has 33 heavy (non-hydrogen) atoms. The molecule has 0 radical (unpaired) electrons. The van der Waals surface area contributed by atoms with E-state index in [4.69, 9.17) is 9.47 Å². The molecule has 1 aliphatic heterocycles. The average Bonchev–Trinajstić information content (AvgIpc) is 3.26. The second-order valence-electron chi connectivity index (χ2n) is 8.14. The van der Waals surface area contributed by atoms with Crippen LogP contribution in [0.15, 0.2) is 23.1 Å². The summed E-state index contributed by atoms with van der Waals surface area (Å²) in [5, 5.41) is 6.06. The van der Waals surface area contributed by atoms with Gasteiger partial charge in [0.05, 0.1) is 10.9 Å². The summed E-state index contributed by atoms with van der Waals surface area (Å²) in [6, 6.07) is 2.66. The summed E-state index contributed by atoms with van der Waals surface area (Å²) >= 11 is 1.60. The third-order valence-corrected chi connectivity index (χ3v) is 6.12. The third-order valence-electron chi connectivity index (χ3n) is 5.47. The van der Waals surface area contributed by atoms with Crippen LogP contribution in [0.25, 0.3) is 10.9 Å². The molecule has 180 valence electrons. The van der Waals surface area contributed by atoms with E-state index in [1.165, 1.54) is 0 Å². The van der Waals surface area contributed by atoms with Gasteiger partial charge in [-0.1, -0.05) is 0 Å². The van der Waals surface area contributed by atoms with Crippen molar-refractivity contribution in [1.29, 1.82) is 0 Å². The first-order valence-electron chi connectivity index (χ1n) is 11.0. The Morgan fingerprint density at radius 3 is 2.64 bits per heavy atom. The predicted molar refractivity (Wildman–Crippen MR) is 130 cm³/mol. The SMILES string of the molecule is CCn1cc(C(=O)N[C@H](CCSC)C(=O)NCCCN(C)C)c(=O)c2cc3c(cc21)OCO3. The number of nitrogens with zero attached hydrogens (tertiary/aromatic N) is 2. The first kappa shape index (κ1) is 24.9. The van der Waals surface area contributed by atoms with Gasteiger partial charge < -0.3 is 29.6 Å². The summed E-state index contributed by atoms with van der Waals surface area (Å²) < 4.78 is 12.7. The zero-order valence-electron chi connectivity index (χ0n) is 19.6. The molecule has 0 unspecified atom stereocenters. The smallest absolute Gasteiger partial charge is 0.257 e. The number of rotatable bonds is 11. The van der Waals surface area contributed by atoms with Crippen LogP contribution < -0.4 is 25.5 Å². The van der Waals surface area contributed by atoms with Gasteiger partial charge in [-0.25, -0.2) is 0 Å². The molecule has 1 aromatic carbocycles. The Labute approximate surface area is 197 Å². The fourth-order valence-electron chi connectivity index (χ4n) is 3.67. The number of nitrogens with one attached hydrogen (secondary N) is 2. The van der Waals surface area contributed by atoms with Gasteiger partial charge in [0, 0.05) is 25.4 Å². The van der Waals surface area contributed by atoms with Crippen LogP contribution in [0.5, 0.6) is 11.5 Å². The minimum absolute atomic E-state index is 0.00206. The Morgan fingerprint density at radius 1 is 1.24 bits per heavy atom. The summed E-state index contributed by atoms with van der Waals surface area (Å²) in [5.41, 5.74) is 0.263. The highest BCUT2D eigenvalue weighted by molar-refractivity contribution is 7.98. The lowest BCUT2D eigenvalue weighted by Crippen LogP contribution is -2.48. The molecule has 0 saturated carbocycles. The standard InChI is InChI=1S/C23H32N4O5S/c1-5-27-13-16(21(28)15-11-19-20(12-18(15)27)32-14-31-19)22(29)25-17(7-10-33-4)23(30)24-8-6-9-26(2)3/h11-13,17H,5-10,14H2,1-4H3,(H,24,30)(H,25,29)/t17-/m1/s1. The number of aromatic nitrogens is 1. The molecule has 0 spiro atoms. The molecule has 0 fully saturated rings. The molecule has 1 aliphatic rings. The van der Waals surface area contributed by atoms with Gasteiger partial charge >= 0.3 is 0 Å². The maximum Gasteiger partial charge on any atom is 0.257 e. The van der Waals surface area contributed by atoms with E-state index < -0.39 is 17.4 Å². The third kappa shape index (κ3) is 6.00. The zero-order chi connectivity index (χ0) is 24.0. The number of pyridine rings is 1. The lowest BCUT2D eigenvalue weighted by Gasteiger charge is -2.19. The first-order chi connectivity index (χ1) is 15.8. The van der Waals surface area contributed by atoms with E-state index in [1.807, 2.05) is 36.7 Å². The van der Waals surface area contributed by atoms with Gasteiger partial charge in [-0.05, 0) is 58.5 Å². The number of thioether (sulfide) groups is 1. The van der Waals surface area contributed by atoms with Gasteiger partial charge in [-0.3, -0.25) is 14.4 Å². The lowest BCUT2D eigenvalue weighted by molar-refractivity contribution is -0.123. The second-order valence-corrected chi connectivity index (χ2v) is 9.12. The van der Waals surface area contributed by atoms with Crippen LogP contribution in [0, 0.1) is 0 Å². The molecule has 3 rings (SSSR count). The molecule has 1 atom stereocenters. The Bertz CT molecular complexity index is 1070. The highest BCUT2D eigenvalue weighted by atomic mass is 32.2. The number of aryl methyl sites for hydroxylation is 1. The summed E-state index contributed by atoms with van der Waals surface area (Å²) in [5.74, 6) is 0.961. The Balaban J connectivity index is 1.83. The molecule has 2 heterocycles. The van der Waals surface area contributed by atoms with E-state index in [0.717, 1.165) is 13.0 Å². The van der Waals surface area contributed by atoms with E-state index in [2.05, 4.69) is 10.6 Å². The summed E-state index contributed by atoms with van der Waals surface area (Å²) in [7, 11) is 3.95. The number of benzene rings is 1. The molecular formula is C23H32N4O5S. The number of hydrogen-bond acceptors (Lipinski definition) is 7. The second kappa shape index (κ2) is 11.4. The quantitative estimate of drug-likeness (QED) is 0.476. The molecule has 2 N–H and O–H groups in total. The van der Waals surface area contributed by atoms with Crippen LogP contribution in [0.3, 0.4) is 0 Å². The number of fused-ring (bicyclic) bond motifs is 2. The molecule has 10 heteroatoms. The average molecular weight is 477 g/mol. The fraction of sp³-hybridized carbons (Fsp3) is 0.522. The Kier molecular flexibility index (Phi) is 8.62. The highest BCUT2D eigenvalue weighted by Gasteiger charge is 2.24. The molecule has 1 aromatic heterocycles. The molecule has 2 amide bonds. The van der Waals surface area contributed by atoms with Gasteiger partial charge in [-0.15, -0.1) is 0 Å². The number of hydrogen-bond donors (Lipinski definition) is 2. The van der Waals surface area contributed by atoms with Gasteiger partial charge in [-0.2, -0.15) is 11.8 Å².